The maximum Gasteiger partial charge on any atom is 0.338 e. The van der Waals surface area contributed by atoms with E-state index in [2.05, 4.69) is 6.92 Å². The molecule has 1 amide bonds. The third-order valence-electron chi connectivity index (χ3n) is 4.49. The van der Waals surface area contributed by atoms with Gasteiger partial charge in [-0.05, 0) is 50.3 Å². The minimum atomic E-state index is -0.768. The molecule has 5 nitrogen and oxygen atoms in total. The first-order valence-corrected chi connectivity index (χ1v) is 8.66. The topological polar surface area (TPSA) is 55.8 Å². The van der Waals surface area contributed by atoms with Gasteiger partial charge < -0.3 is 14.4 Å². The fraction of sp³-hybridized carbons (Fsp3) is 0.579. The van der Waals surface area contributed by atoms with Gasteiger partial charge in [0.15, 0.2) is 6.10 Å². The fourth-order valence-corrected chi connectivity index (χ4v) is 3.18. The first-order valence-electron chi connectivity index (χ1n) is 8.66. The molecule has 0 radical (unpaired) electrons. The summed E-state index contributed by atoms with van der Waals surface area (Å²) in [4.78, 5) is 26.8. The second kappa shape index (κ2) is 8.83. The summed E-state index contributed by atoms with van der Waals surface area (Å²) in [5, 5.41) is 0. The number of likely N-dealkylation sites (tertiary alicyclic amines) is 1. The normalized spacial score (nSPS) is 19.0. The Bertz CT molecular complexity index is 572. The quantitative estimate of drug-likeness (QED) is 0.750. The van der Waals surface area contributed by atoms with Gasteiger partial charge in [0.1, 0.15) is 0 Å². The number of methoxy groups -OCH3 is 1. The second-order valence-electron chi connectivity index (χ2n) is 6.27. The van der Waals surface area contributed by atoms with Gasteiger partial charge in [0.25, 0.3) is 5.91 Å². The predicted octanol–water partition coefficient (Wildman–Crippen LogP) is 3.17. The van der Waals surface area contributed by atoms with E-state index >= 15 is 0 Å². The van der Waals surface area contributed by atoms with Crippen LogP contribution in [0.3, 0.4) is 0 Å². The van der Waals surface area contributed by atoms with Gasteiger partial charge >= 0.3 is 5.97 Å². The van der Waals surface area contributed by atoms with Crippen LogP contribution in [0.15, 0.2) is 24.3 Å². The average molecular weight is 333 g/mol. The molecule has 1 aliphatic rings. The van der Waals surface area contributed by atoms with E-state index in [-0.39, 0.29) is 11.9 Å². The van der Waals surface area contributed by atoms with Crippen molar-refractivity contribution >= 4 is 11.9 Å². The first-order chi connectivity index (χ1) is 11.6. The number of amides is 1. The van der Waals surface area contributed by atoms with E-state index in [1.54, 1.807) is 32.2 Å². The molecular formula is C19H27NO4. The highest BCUT2D eigenvalue weighted by Gasteiger charge is 2.30. The van der Waals surface area contributed by atoms with Gasteiger partial charge in [0, 0.05) is 19.7 Å². The van der Waals surface area contributed by atoms with Crippen molar-refractivity contribution in [2.24, 2.45) is 0 Å². The number of hydrogen-bond acceptors (Lipinski definition) is 4. The largest absolute Gasteiger partial charge is 0.449 e. The molecule has 2 unspecified atom stereocenters. The summed E-state index contributed by atoms with van der Waals surface area (Å²) in [5.41, 5.74) is 1.34. The third-order valence-corrected chi connectivity index (χ3v) is 4.49. The van der Waals surface area contributed by atoms with Crippen molar-refractivity contribution in [3.8, 4) is 0 Å². The van der Waals surface area contributed by atoms with Gasteiger partial charge in [-0.3, -0.25) is 4.79 Å². The Labute approximate surface area is 143 Å². The molecule has 0 aliphatic carbocycles. The monoisotopic (exact) mass is 333 g/mol. The molecule has 1 aromatic rings. The molecule has 2 atom stereocenters. The van der Waals surface area contributed by atoms with Crippen LogP contribution in [-0.2, 0) is 20.9 Å². The molecule has 1 aromatic carbocycles. The summed E-state index contributed by atoms with van der Waals surface area (Å²) < 4.78 is 10.5. The minimum absolute atomic E-state index is 0.0945. The van der Waals surface area contributed by atoms with Crippen LogP contribution in [0.25, 0.3) is 0 Å². The highest BCUT2D eigenvalue weighted by Crippen LogP contribution is 2.21. The van der Waals surface area contributed by atoms with Crippen molar-refractivity contribution in [1.29, 1.82) is 0 Å². The van der Waals surface area contributed by atoms with Crippen LogP contribution in [0.1, 0.15) is 55.5 Å². The van der Waals surface area contributed by atoms with Crippen LogP contribution < -0.4 is 0 Å². The van der Waals surface area contributed by atoms with E-state index < -0.39 is 12.1 Å². The van der Waals surface area contributed by atoms with Crippen molar-refractivity contribution in [2.45, 2.75) is 58.3 Å². The lowest BCUT2D eigenvalue weighted by molar-refractivity contribution is -0.143. The van der Waals surface area contributed by atoms with Crippen LogP contribution in [0.4, 0.5) is 0 Å². The molecule has 1 fully saturated rings. The van der Waals surface area contributed by atoms with Crippen molar-refractivity contribution in [1.82, 2.24) is 4.90 Å². The minimum Gasteiger partial charge on any atom is -0.449 e. The number of carbonyl (C=O) groups is 2. The number of piperidine rings is 1. The SMILES string of the molecule is CCC1CCCCN1C(=O)C(C)OC(=O)c1cccc(COC)c1. The average Bonchev–Trinajstić information content (AvgIpc) is 2.61. The predicted molar refractivity (Wildman–Crippen MR) is 91.7 cm³/mol. The van der Waals surface area contributed by atoms with E-state index in [4.69, 9.17) is 9.47 Å². The summed E-state index contributed by atoms with van der Waals surface area (Å²) in [5.74, 6) is -0.568. The number of rotatable bonds is 6. The Morgan fingerprint density at radius 3 is 2.83 bits per heavy atom. The maximum atomic E-state index is 12.6. The summed E-state index contributed by atoms with van der Waals surface area (Å²) >= 11 is 0. The Kier molecular flexibility index (Phi) is 6.79. The summed E-state index contributed by atoms with van der Waals surface area (Å²) in [6, 6.07) is 7.36. The van der Waals surface area contributed by atoms with E-state index in [0.717, 1.165) is 37.8 Å². The van der Waals surface area contributed by atoms with Crippen molar-refractivity contribution in [3.63, 3.8) is 0 Å². The molecule has 0 spiro atoms. The zero-order valence-corrected chi connectivity index (χ0v) is 14.8. The van der Waals surface area contributed by atoms with Crippen molar-refractivity contribution in [2.75, 3.05) is 13.7 Å². The summed E-state index contributed by atoms with van der Waals surface area (Å²) in [6.07, 6.45) is 3.37. The molecular weight excluding hydrogens is 306 g/mol. The van der Waals surface area contributed by atoms with Gasteiger partial charge in [-0.25, -0.2) is 4.79 Å². The Balaban J connectivity index is 2.00. The molecule has 1 heterocycles. The molecule has 1 aliphatic heterocycles. The van der Waals surface area contributed by atoms with Gasteiger partial charge in [-0.15, -0.1) is 0 Å². The van der Waals surface area contributed by atoms with Crippen LogP contribution in [-0.4, -0.2) is 42.6 Å². The molecule has 24 heavy (non-hydrogen) atoms. The number of carbonyl (C=O) groups excluding carboxylic acids is 2. The van der Waals surface area contributed by atoms with Crippen LogP contribution in [0.5, 0.6) is 0 Å². The van der Waals surface area contributed by atoms with Crippen molar-refractivity contribution < 1.29 is 19.1 Å². The first kappa shape index (κ1) is 18.5. The standard InChI is InChI=1S/C19H27NO4/c1-4-17-10-5-6-11-20(17)18(21)14(2)24-19(22)16-9-7-8-15(12-16)13-23-3/h7-9,12,14,17H,4-6,10-11,13H2,1-3H3. The molecule has 1 saturated heterocycles. The number of benzene rings is 1. The van der Waals surface area contributed by atoms with Crippen LogP contribution in [0, 0.1) is 0 Å². The van der Waals surface area contributed by atoms with Gasteiger partial charge in [-0.2, -0.15) is 0 Å². The smallest absolute Gasteiger partial charge is 0.338 e. The molecule has 0 bridgehead atoms. The Hall–Kier alpha value is -1.88. The van der Waals surface area contributed by atoms with E-state index in [9.17, 15) is 9.59 Å². The zero-order valence-electron chi connectivity index (χ0n) is 14.8. The van der Waals surface area contributed by atoms with Crippen LogP contribution >= 0.6 is 0 Å². The number of ether oxygens (including phenoxy) is 2. The molecule has 0 N–H and O–H groups in total. The summed E-state index contributed by atoms with van der Waals surface area (Å²) in [7, 11) is 1.61. The lowest BCUT2D eigenvalue weighted by Crippen LogP contribution is -2.48. The highest BCUT2D eigenvalue weighted by atomic mass is 16.5. The molecule has 0 saturated carbocycles. The molecule has 132 valence electrons. The van der Waals surface area contributed by atoms with Gasteiger partial charge in [-0.1, -0.05) is 19.1 Å². The van der Waals surface area contributed by atoms with E-state index in [1.165, 1.54) is 0 Å². The Morgan fingerprint density at radius 1 is 1.33 bits per heavy atom. The number of hydrogen-bond donors (Lipinski definition) is 0. The second-order valence-corrected chi connectivity index (χ2v) is 6.27. The fourth-order valence-electron chi connectivity index (χ4n) is 3.18. The molecule has 2 rings (SSSR count). The number of esters is 1. The van der Waals surface area contributed by atoms with Crippen LogP contribution in [0.2, 0.25) is 0 Å². The van der Waals surface area contributed by atoms with Gasteiger partial charge in [0.2, 0.25) is 0 Å². The third kappa shape index (κ3) is 4.57. The zero-order chi connectivity index (χ0) is 17.5. The maximum absolute atomic E-state index is 12.6. The lowest BCUT2D eigenvalue weighted by atomic mass is 9.99. The van der Waals surface area contributed by atoms with Gasteiger partial charge in [0.05, 0.1) is 12.2 Å². The molecule has 5 heteroatoms. The summed E-state index contributed by atoms with van der Waals surface area (Å²) in [6.45, 7) is 4.93. The lowest BCUT2D eigenvalue weighted by Gasteiger charge is -2.36. The molecule has 0 aromatic heterocycles. The van der Waals surface area contributed by atoms with Crippen molar-refractivity contribution in [3.05, 3.63) is 35.4 Å². The highest BCUT2D eigenvalue weighted by molar-refractivity contribution is 5.92. The van der Waals surface area contributed by atoms with E-state index in [1.807, 2.05) is 11.0 Å². The Morgan fingerprint density at radius 2 is 2.12 bits per heavy atom. The number of nitrogens with zero attached hydrogens (tertiary/aromatic N) is 1. The van der Waals surface area contributed by atoms with E-state index in [0.29, 0.717) is 12.2 Å².